The number of hydrogen-bond acceptors (Lipinski definition) is 1. The average Bonchev–Trinajstić information content (AvgIpc) is 2.99. The lowest BCUT2D eigenvalue weighted by Crippen LogP contribution is -2.44. The molecule has 0 radical (unpaired) electrons. The van der Waals surface area contributed by atoms with Gasteiger partial charge in [0.05, 0.1) is 6.10 Å². The van der Waals surface area contributed by atoms with E-state index in [1.807, 2.05) is 6.08 Å². The van der Waals surface area contributed by atoms with Crippen molar-refractivity contribution in [1.29, 1.82) is 0 Å². The number of aliphatic hydroxyl groups is 1. The summed E-state index contributed by atoms with van der Waals surface area (Å²) in [5, 5.41) is 10.1. The first-order valence-electron chi connectivity index (χ1n) is 12.0. The molecule has 4 aliphatic carbocycles. The van der Waals surface area contributed by atoms with Crippen LogP contribution in [0.2, 0.25) is 0 Å². The van der Waals surface area contributed by atoms with Crippen LogP contribution in [0.15, 0.2) is 35.5 Å². The summed E-state index contributed by atoms with van der Waals surface area (Å²) in [6.07, 6.45) is 19.6. The largest absolute Gasteiger partial charge is 0.389 e. The Hall–Kier alpha value is -0.820. The molecule has 28 heavy (non-hydrogen) atoms. The summed E-state index contributed by atoms with van der Waals surface area (Å²) in [5.74, 6) is 4.16. The van der Waals surface area contributed by atoms with Crippen molar-refractivity contribution in [2.45, 2.75) is 92.1 Å². The van der Waals surface area contributed by atoms with Crippen molar-refractivity contribution in [1.82, 2.24) is 0 Å². The van der Waals surface area contributed by atoms with E-state index < -0.39 is 0 Å². The first kappa shape index (κ1) is 20.5. The SMILES string of the molecule is CC(C)CCC[C@@H](C)[C@H]1CC[C@H]2[C@@H]3CC=C4C[C@@H](O)C=C[C@]4(C)C3=CC[C@]12C. The van der Waals surface area contributed by atoms with E-state index in [0.29, 0.717) is 5.41 Å². The van der Waals surface area contributed by atoms with Gasteiger partial charge >= 0.3 is 0 Å². The highest BCUT2D eigenvalue weighted by Crippen LogP contribution is 2.64. The molecule has 4 aliphatic rings. The topological polar surface area (TPSA) is 20.2 Å². The van der Waals surface area contributed by atoms with Crippen molar-refractivity contribution in [2.75, 3.05) is 0 Å². The van der Waals surface area contributed by atoms with Crippen LogP contribution in [-0.2, 0) is 0 Å². The Morgan fingerprint density at radius 3 is 2.64 bits per heavy atom. The molecule has 0 aromatic rings. The smallest absolute Gasteiger partial charge is 0.0758 e. The fourth-order valence-corrected chi connectivity index (χ4v) is 7.59. The number of rotatable bonds is 5. The van der Waals surface area contributed by atoms with E-state index in [2.05, 4.69) is 52.8 Å². The number of aliphatic hydroxyl groups excluding tert-OH is 1. The second-order valence-corrected chi connectivity index (χ2v) is 11.4. The Bertz CT molecular complexity index is 682. The number of allylic oxidation sites excluding steroid dienone is 4. The number of fused-ring (bicyclic) bond motifs is 5. The maximum Gasteiger partial charge on any atom is 0.0758 e. The van der Waals surface area contributed by atoms with E-state index in [0.717, 1.165) is 36.0 Å². The highest BCUT2D eigenvalue weighted by Gasteiger charge is 2.55. The van der Waals surface area contributed by atoms with Crippen molar-refractivity contribution >= 4 is 0 Å². The molecule has 1 fully saturated rings. The van der Waals surface area contributed by atoms with Gasteiger partial charge in [-0.05, 0) is 74.0 Å². The molecule has 0 aromatic heterocycles. The molecule has 4 rings (SSSR count). The normalized spacial score (nSPS) is 43.1. The molecule has 0 aliphatic heterocycles. The maximum atomic E-state index is 10.1. The van der Waals surface area contributed by atoms with Gasteiger partial charge < -0.3 is 5.11 Å². The summed E-state index contributed by atoms with van der Waals surface area (Å²) in [6.45, 7) is 12.3. The van der Waals surface area contributed by atoms with E-state index in [4.69, 9.17) is 0 Å². The molecule has 0 aromatic carbocycles. The van der Waals surface area contributed by atoms with E-state index in [-0.39, 0.29) is 11.5 Å². The summed E-state index contributed by atoms with van der Waals surface area (Å²) in [4.78, 5) is 0. The van der Waals surface area contributed by atoms with Gasteiger partial charge in [0.2, 0.25) is 0 Å². The maximum absolute atomic E-state index is 10.1. The predicted octanol–water partition coefficient (Wildman–Crippen LogP) is 7.08. The van der Waals surface area contributed by atoms with Gasteiger partial charge in [-0.15, -0.1) is 0 Å². The summed E-state index contributed by atoms with van der Waals surface area (Å²) < 4.78 is 0. The molecule has 0 unspecified atom stereocenters. The van der Waals surface area contributed by atoms with Crippen LogP contribution in [0.4, 0.5) is 0 Å². The molecular formula is C27H42O. The van der Waals surface area contributed by atoms with Crippen molar-refractivity contribution in [3.8, 4) is 0 Å². The van der Waals surface area contributed by atoms with Crippen LogP contribution in [0.1, 0.15) is 86.0 Å². The van der Waals surface area contributed by atoms with Gasteiger partial charge in [-0.2, -0.15) is 0 Å². The molecule has 1 nitrogen and oxygen atoms in total. The van der Waals surface area contributed by atoms with Gasteiger partial charge in [0, 0.05) is 5.41 Å². The van der Waals surface area contributed by atoms with E-state index in [9.17, 15) is 5.11 Å². The molecule has 1 heteroatoms. The minimum Gasteiger partial charge on any atom is -0.389 e. The van der Waals surface area contributed by atoms with Crippen LogP contribution in [0.3, 0.4) is 0 Å². The number of hydrogen-bond donors (Lipinski definition) is 1. The van der Waals surface area contributed by atoms with Gasteiger partial charge in [-0.1, -0.05) is 82.4 Å². The molecule has 156 valence electrons. The van der Waals surface area contributed by atoms with Crippen LogP contribution in [0, 0.1) is 40.4 Å². The van der Waals surface area contributed by atoms with Crippen molar-refractivity contribution in [3.05, 3.63) is 35.5 Å². The van der Waals surface area contributed by atoms with Gasteiger partial charge in [0.1, 0.15) is 0 Å². The lowest BCUT2D eigenvalue weighted by molar-refractivity contribution is 0.0684. The quantitative estimate of drug-likeness (QED) is 0.503. The van der Waals surface area contributed by atoms with Gasteiger partial charge in [-0.3, -0.25) is 0 Å². The van der Waals surface area contributed by atoms with E-state index >= 15 is 0 Å². The summed E-state index contributed by atoms with van der Waals surface area (Å²) >= 11 is 0. The standard InChI is InChI=1S/C27H42O/c1-18(2)7-6-8-19(3)23-11-12-24-22-10-9-20-17-21(28)13-15-26(20,4)25(22)14-16-27(23,24)5/h9,13-15,18-19,21-24,28H,6-8,10-12,16-17H2,1-5H3/t19-,21+,22+,23-,24+,26+,27-/m1/s1. The summed E-state index contributed by atoms with van der Waals surface area (Å²) in [5.41, 5.74) is 3.71. The van der Waals surface area contributed by atoms with Crippen molar-refractivity contribution in [2.24, 2.45) is 40.4 Å². The fourth-order valence-electron chi connectivity index (χ4n) is 7.59. The minimum absolute atomic E-state index is 0.0739. The second kappa shape index (κ2) is 7.46. The third kappa shape index (κ3) is 3.26. The van der Waals surface area contributed by atoms with Gasteiger partial charge in [0.15, 0.2) is 0 Å². The average molecular weight is 383 g/mol. The first-order chi connectivity index (χ1) is 13.3. The zero-order chi connectivity index (χ0) is 20.1. The molecule has 0 bridgehead atoms. The Morgan fingerprint density at radius 1 is 1.11 bits per heavy atom. The van der Waals surface area contributed by atoms with Crippen LogP contribution in [0.25, 0.3) is 0 Å². The van der Waals surface area contributed by atoms with E-state index in [1.165, 1.54) is 50.5 Å². The zero-order valence-electron chi connectivity index (χ0n) is 18.9. The molecule has 1 N–H and O–H groups in total. The lowest BCUT2D eigenvalue weighted by Gasteiger charge is -2.52. The van der Waals surface area contributed by atoms with Crippen molar-refractivity contribution < 1.29 is 5.11 Å². The highest BCUT2D eigenvalue weighted by molar-refractivity contribution is 5.44. The van der Waals surface area contributed by atoms with Crippen LogP contribution < -0.4 is 0 Å². The predicted molar refractivity (Wildman–Crippen MR) is 119 cm³/mol. The monoisotopic (exact) mass is 382 g/mol. The Morgan fingerprint density at radius 2 is 1.89 bits per heavy atom. The Kier molecular flexibility index (Phi) is 5.45. The van der Waals surface area contributed by atoms with Gasteiger partial charge in [0.25, 0.3) is 0 Å². The van der Waals surface area contributed by atoms with E-state index in [1.54, 1.807) is 5.57 Å². The fraction of sp³-hybridized carbons (Fsp3) is 0.778. The molecule has 0 heterocycles. The summed E-state index contributed by atoms with van der Waals surface area (Å²) in [7, 11) is 0. The van der Waals surface area contributed by atoms with Crippen LogP contribution in [-0.4, -0.2) is 11.2 Å². The molecule has 0 amide bonds. The van der Waals surface area contributed by atoms with Crippen LogP contribution >= 0.6 is 0 Å². The second-order valence-electron chi connectivity index (χ2n) is 11.4. The molecule has 1 saturated carbocycles. The molecule has 7 atom stereocenters. The Balaban J connectivity index is 1.55. The van der Waals surface area contributed by atoms with Crippen molar-refractivity contribution in [3.63, 3.8) is 0 Å². The summed E-state index contributed by atoms with van der Waals surface area (Å²) in [6, 6.07) is 0. The molecular weight excluding hydrogens is 340 g/mol. The lowest BCUT2D eigenvalue weighted by atomic mass is 9.52. The van der Waals surface area contributed by atoms with Crippen LogP contribution in [0.5, 0.6) is 0 Å². The zero-order valence-corrected chi connectivity index (χ0v) is 18.9. The first-order valence-corrected chi connectivity index (χ1v) is 12.0. The molecule has 0 spiro atoms. The molecule has 0 saturated heterocycles. The third-order valence-corrected chi connectivity index (χ3v) is 9.22. The minimum atomic E-state index is -0.284. The third-order valence-electron chi connectivity index (χ3n) is 9.22. The highest BCUT2D eigenvalue weighted by atomic mass is 16.3. The van der Waals surface area contributed by atoms with Gasteiger partial charge in [-0.25, -0.2) is 0 Å². The Labute approximate surface area is 173 Å².